The molecule has 1 heterocycles. The highest BCUT2D eigenvalue weighted by molar-refractivity contribution is 6.31. The minimum atomic E-state index is -0.359. The monoisotopic (exact) mass is 296 g/mol. The molecule has 1 aromatic heterocycles. The van der Waals surface area contributed by atoms with Gasteiger partial charge in [-0.05, 0) is 12.1 Å². The summed E-state index contributed by atoms with van der Waals surface area (Å²) in [5.74, 6) is -0.500. The van der Waals surface area contributed by atoms with E-state index in [9.17, 15) is 9.18 Å². The smallest absolute Gasteiger partial charge is 0.241 e. The summed E-state index contributed by atoms with van der Waals surface area (Å²) in [6.45, 7) is 0.385. The van der Waals surface area contributed by atoms with E-state index >= 15 is 0 Å². The molecule has 0 bridgehead atoms. The maximum absolute atomic E-state index is 13.6. The quantitative estimate of drug-likeness (QED) is 0.887. The van der Waals surface area contributed by atoms with E-state index < -0.39 is 0 Å². The minimum absolute atomic E-state index is 0.138. The van der Waals surface area contributed by atoms with E-state index in [0.717, 1.165) is 0 Å². The van der Waals surface area contributed by atoms with Gasteiger partial charge in [0.1, 0.15) is 12.4 Å². The molecule has 2 N–H and O–H groups in total. The Morgan fingerprint density at radius 1 is 1.50 bits per heavy atom. The predicted molar refractivity (Wildman–Crippen MR) is 75.0 cm³/mol. The van der Waals surface area contributed by atoms with Crippen LogP contribution < -0.4 is 10.6 Å². The van der Waals surface area contributed by atoms with Crippen LogP contribution in [0.2, 0.25) is 5.02 Å². The summed E-state index contributed by atoms with van der Waals surface area (Å²) in [5, 5.41) is 9.92. The van der Waals surface area contributed by atoms with Gasteiger partial charge in [0, 0.05) is 30.4 Å². The fraction of sp³-hybridized carbons (Fsp3) is 0.231. The Morgan fingerprint density at radius 3 is 3.00 bits per heavy atom. The molecule has 0 aliphatic carbocycles. The number of hydrogen-bond donors (Lipinski definition) is 2. The van der Waals surface area contributed by atoms with Gasteiger partial charge in [-0.3, -0.25) is 9.48 Å². The molecular weight excluding hydrogens is 283 g/mol. The Balaban J connectivity index is 1.99. The molecule has 0 spiro atoms. The van der Waals surface area contributed by atoms with E-state index in [2.05, 4.69) is 15.7 Å². The van der Waals surface area contributed by atoms with Crippen LogP contribution in [0.3, 0.4) is 0 Å². The second-order valence-electron chi connectivity index (χ2n) is 4.15. The van der Waals surface area contributed by atoms with Crippen LogP contribution in [0.5, 0.6) is 0 Å². The highest BCUT2D eigenvalue weighted by Crippen LogP contribution is 2.20. The molecule has 0 saturated carbocycles. The normalized spacial score (nSPS) is 10.3. The van der Waals surface area contributed by atoms with Crippen LogP contribution in [0.4, 0.5) is 10.1 Å². The third-order valence-electron chi connectivity index (χ3n) is 2.75. The fourth-order valence-corrected chi connectivity index (χ4v) is 1.89. The molecule has 1 amide bonds. The third kappa shape index (κ3) is 3.48. The Morgan fingerprint density at radius 2 is 2.30 bits per heavy atom. The van der Waals surface area contributed by atoms with Gasteiger partial charge in [-0.25, -0.2) is 4.39 Å². The molecule has 2 rings (SSSR count). The molecule has 0 saturated heterocycles. The van der Waals surface area contributed by atoms with Crippen molar-refractivity contribution in [3.63, 3.8) is 0 Å². The summed E-state index contributed by atoms with van der Waals surface area (Å²) in [6.07, 6.45) is 3.24. The number of nitrogens with zero attached hydrogens (tertiary/aromatic N) is 2. The van der Waals surface area contributed by atoms with Crippen molar-refractivity contribution in [2.24, 2.45) is 0 Å². The Hall–Kier alpha value is -2.08. The summed E-state index contributed by atoms with van der Waals surface area (Å²) in [7, 11) is 1.56. The molecule has 0 aliphatic rings. The van der Waals surface area contributed by atoms with E-state index in [-0.39, 0.29) is 24.8 Å². The van der Waals surface area contributed by atoms with Gasteiger partial charge in [-0.2, -0.15) is 5.10 Å². The average molecular weight is 297 g/mol. The van der Waals surface area contributed by atoms with Crippen molar-refractivity contribution in [2.45, 2.75) is 13.1 Å². The summed E-state index contributed by atoms with van der Waals surface area (Å²) < 4.78 is 15.1. The van der Waals surface area contributed by atoms with E-state index in [1.165, 1.54) is 10.7 Å². The molecule has 5 nitrogen and oxygen atoms in total. The van der Waals surface area contributed by atoms with E-state index in [0.29, 0.717) is 16.3 Å². The van der Waals surface area contributed by atoms with Gasteiger partial charge < -0.3 is 10.6 Å². The molecule has 0 unspecified atom stereocenters. The molecular formula is C13H14ClFN4O. The first-order valence-electron chi connectivity index (χ1n) is 6.00. The van der Waals surface area contributed by atoms with Crippen molar-refractivity contribution in [3.05, 3.63) is 47.0 Å². The van der Waals surface area contributed by atoms with Gasteiger partial charge in [0.15, 0.2) is 0 Å². The molecule has 20 heavy (non-hydrogen) atoms. The van der Waals surface area contributed by atoms with Crippen LogP contribution in [0.15, 0.2) is 30.6 Å². The zero-order chi connectivity index (χ0) is 14.5. The molecule has 106 valence electrons. The SMILES string of the molecule is CNC(=O)Cn1cc(NCc2c(F)cccc2Cl)cn1. The number of benzene rings is 1. The van der Waals surface area contributed by atoms with Gasteiger partial charge in [-0.15, -0.1) is 0 Å². The summed E-state index contributed by atoms with van der Waals surface area (Å²) in [5.41, 5.74) is 1.08. The molecule has 0 radical (unpaired) electrons. The van der Waals surface area contributed by atoms with Gasteiger partial charge in [0.2, 0.25) is 5.91 Å². The second-order valence-corrected chi connectivity index (χ2v) is 4.56. The number of anilines is 1. The van der Waals surface area contributed by atoms with E-state index in [1.807, 2.05) is 0 Å². The number of aromatic nitrogens is 2. The summed E-state index contributed by atoms with van der Waals surface area (Å²) in [6, 6.07) is 4.55. The van der Waals surface area contributed by atoms with Crippen LogP contribution in [0, 0.1) is 5.82 Å². The number of rotatable bonds is 5. The number of carbonyl (C=O) groups is 1. The number of likely N-dealkylation sites (N-methyl/N-ethyl adjacent to an activating group) is 1. The Kier molecular flexibility index (Phi) is 4.57. The van der Waals surface area contributed by atoms with Crippen molar-refractivity contribution in [2.75, 3.05) is 12.4 Å². The number of halogens is 2. The fourth-order valence-electron chi connectivity index (χ4n) is 1.66. The maximum Gasteiger partial charge on any atom is 0.241 e. The molecule has 7 heteroatoms. The van der Waals surface area contributed by atoms with Crippen molar-refractivity contribution >= 4 is 23.2 Å². The van der Waals surface area contributed by atoms with Crippen molar-refractivity contribution in [3.8, 4) is 0 Å². The first-order valence-corrected chi connectivity index (χ1v) is 6.37. The van der Waals surface area contributed by atoms with Crippen LogP contribution in [-0.2, 0) is 17.9 Å². The lowest BCUT2D eigenvalue weighted by atomic mass is 10.2. The van der Waals surface area contributed by atoms with E-state index in [1.54, 1.807) is 31.6 Å². The largest absolute Gasteiger partial charge is 0.378 e. The molecule has 0 fully saturated rings. The zero-order valence-electron chi connectivity index (χ0n) is 10.9. The minimum Gasteiger partial charge on any atom is -0.378 e. The molecule has 1 aromatic carbocycles. The average Bonchev–Trinajstić information content (AvgIpc) is 2.85. The summed E-state index contributed by atoms with van der Waals surface area (Å²) >= 11 is 5.93. The Labute approximate surface area is 120 Å². The standard InChI is InChI=1S/C13H14ClFN4O/c1-16-13(20)8-19-7-9(5-18-19)17-6-10-11(14)3-2-4-12(10)15/h2-5,7,17H,6,8H2,1H3,(H,16,20). The number of amides is 1. The lowest BCUT2D eigenvalue weighted by Gasteiger charge is -2.07. The van der Waals surface area contributed by atoms with E-state index in [4.69, 9.17) is 11.6 Å². The van der Waals surface area contributed by atoms with Gasteiger partial charge in [-0.1, -0.05) is 17.7 Å². The third-order valence-corrected chi connectivity index (χ3v) is 3.10. The van der Waals surface area contributed by atoms with Gasteiger partial charge in [0.05, 0.1) is 11.9 Å². The maximum atomic E-state index is 13.6. The van der Waals surface area contributed by atoms with Gasteiger partial charge in [0.25, 0.3) is 0 Å². The van der Waals surface area contributed by atoms with Crippen molar-refractivity contribution in [1.82, 2.24) is 15.1 Å². The van der Waals surface area contributed by atoms with Crippen LogP contribution in [0.25, 0.3) is 0 Å². The molecule has 0 aliphatic heterocycles. The second kappa shape index (κ2) is 6.38. The molecule has 2 aromatic rings. The number of nitrogens with one attached hydrogen (secondary N) is 2. The summed E-state index contributed by atoms with van der Waals surface area (Å²) in [4.78, 5) is 11.2. The van der Waals surface area contributed by atoms with Crippen LogP contribution >= 0.6 is 11.6 Å². The lowest BCUT2D eigenvalue weighted by Crippen LogP contribution is -2.23. The first kappa shape index (κ1) is 14.3. The van der Waals surface area contributed by atoms with Crippen molar-refractivity contribution in [1.29, 1.82) is 0 Å². The zero-order valence-corrected chi connectivity index (χ0v) is 11.6. The topological polar surface area (TPSA) is 59.0 Å². The number of hydrogen-bond acceptors (Lipinski definition) is 3. The van der Waals surface area contributed by atoms with Crippen molar-refractivity contribution < 1.29 is 9.18 Å². The first-order chi connectivity index (χ1) is 9.60. The predicted octanol–water partition coefficient (Wildman–Crippen LogP) is 2.03. The van der Waals surface area contributed by atoms with Crippen LogP contribution in [-0.4, -0.2) is 22.7 Å². The van der Waals surface area contributed by atoms with Crippen LogP contribution in [0.1, 0.15) is 5.56 Å². The number of carbonyl (C=O) groups excluding carboxylic acids is 1. The lowest BCUT2D eigenvalue weighted by molar-refractivity contribution is -0.121. The highest BCUT2D eigenvalue weighted by atomic mass is 35.5. The Bertz CT molecular complexity index is 594. The molecule has 0 atom stereocenters. The van der Waals surface area contributed by atoms with Gasteiger partial charge >= 0.3 is 0 Å². The highest BCUT2D eigenvalue weighted by Gasteiger charge is 2.07.